The minimum atomic E-state index is 0.124. The van der Waals surface area contributed by atoms with Gasteiger partial charge in [0.25, 0.3) is 0 Å². The lowest BCUT2D eigenvalue weighted by Gasteiger charge is -2.11. The Morgan fingerprint density at radius 2 is 2.15 bits per heavy atom. The van der Waals surface area contributed by atoms with E-state index in [4.69, 9.17) is 16.3 Å². The fourth-order valence-corrected chi connectivity index (χ4v) is 2.29. The van der Waals surface area contributed by atoms with E-state index in [-0.39, 0.29) is 10.7 Å². The molecule has 1 aromatic carbocycles. The molecule has 0 aliphatic rings. The number of hydrogen-bond donors (Lipinski definition) is 1. The number of ether oxygens (including phenoxy) is 1. The molecule has 0 saturated carbocycles. The van der Waals surface area contributed by atoms with Crippen LogP contribution in [0.4, 0.5) is 11.5 Å². The maximum atomic E-state index is 11.1. The Kier molecular flexibility index (Phi) is 4.57. The lowest BCUT2D eigenvalue weighted by atomic mass is 10.2. The number of halogens is 2. The molecular weight excluding hydrogens is 346 g/mol. The number of aryl methyl sites for hydroxylation is 1. The Morgan fingerprint density at radius 1 is 1.40 bits per heavy atom. The van der Waals surface area contributed by atoms with Gasteiger partial charge in [-0.25, -0.2) is 9.97 Å². The summed E-state index contributed by atoms with van der Waals surface area (Å²) in [6, 6.07) is 5.44. The Hall–Kier alpha value is -1.66. The number of carbonyl (C=O) groups excluding carboxylic acids is 1. The second kappa shape index (κ2) is 6.19. The van der Waals surface area contributed by atoms with Crippen LogP contribution < -0.4 is 10.1 Å². The number of aromatic nitrogens is 2. The Morgan fingerprint density at radius 3 is 2.80 bits per heavy atom. The highest BCUT2D eigenvalue weighted by molar-refractivity contribution is 9.10. The van der Waals surface area contributed by atoms with Crippen molar-refractivity contribution in [2.45, 2.75) is 6.92 Å². The molecule has 2 aromatic rings. The van der Waals surface area contributed by atoms with Crippen LogP contribution in [-0.4, -0.2) is 23.4 Å². The molecule has 2 rings (SSSR count). The monoisotopic (exact) mass is 355 g/mol. The molecule has 0 spiro atoms. The van der Waals surface area contributed by atoms with E-state index in [1.165, 1.54) is 0 Å². The molecule has 0 radical (unpaired) electrons. The minimum absolute atomic E-state index is 0.124. The van der Waals surface area contributed by atoms with Gasteiger partial charge in [0.2, 0.25) is 0 Å². The van der Waals surface area contributed by atoms with Crippen molar-refractivity contribution in [3.8, 4) is 5.75 Å². The standard InChI is InChI=1S/C13H11BrClN3O2/c1-7-16-12(15)9(6-19)13(17-7)18-8-3-4-10(14)11(5-8)20-2/h3-6H,1-2H3,(H,16,17,18). The van der Waals surface area contributed by atoms with E-state index in [9.17, 15) is 4.79 Å². The predicted molar refractivity (Wildman–Crippen MR) is 81.1 cm³/mol. The molecule has 0 saturated heterocycles. The molecule has 7 heteroatoms. The Balaban J connectivity index is 2.41. The summed E-state index contributed by atoms with van der Waals surface area (Å²) in [6.07, 6.45) is 0.625. The highest BCUT2D eigenvalue weighted by atomic mass is 79.9. The second-order valence-electron chi connectivity index (χ2n) is 3.92. The SMILES string of the molecule is COc1cc(Nc2nc(C)nc(Cl)c2C=O)ccc1Br. The summed E-state index contributed by atoms with van der Waals surface area (Å²) in [5.41, 5.74) is 0.946. The molecule has 0 amide bonds. The molecule has 104 valence electrons. The van der Waals surface area contributed by atoms with E-state index >= 15 is 0 Å². The van der Waals surface area contributed by atoms with Gasteiger partial charge in [0.05, 0.1) is 17.1 Å². The van der Waals surface area contributed by atoms with E-state index in [2.05, 4.69) is 31.2 Å². The van der Waals surface area contributed by atoms with Crippen LogP contribution in [0.25, 0.3) is 0 Å². The Bertz CT molecular complexity index is 664. The first-order valence-electron chi connectivity index (χ1n) is 5.65. The normalized spacial score (nSPS) is 10.2. The van der Waals surface area contributed by atoms with Gasteiger partial charge in [-0.15, -0.1) is 0 Å². The van der Waals surface area contributed by atoms with Crippen molar-refractivity contribution in [2.75, 3.05) is 12.4 Å². The minimum Gasteiger partial charge on any atom is -0.495 e. The third kappa shape index (κ3) is 3.08. The summed E-state index contributed by atoms with van der Waals surface area (Å²) in [4.78, 5) is 19.2. The number of rotatable bonds is 4. The van der Waals surface area contributed by atoms with Gasteiger partial charge < -0.3 is 10.1 Å². The predicted octanol–water partition coefficient (Wildman–Crippen LogP) is 3.77. The van der Waals surface area contributed by atoms with Crippen LogP contribution >= 0.6 is 27.5 Å². The van der Waals surface area contributed by atoms with E-state index in [0.717, 1.165) is 10.2 Å². The first kappa shape index (κ1) is 14.7. The van der Waals surface area contributed by atoms with Crippen LogP contribution in [0.3, 0.4) is 0 Å². The van der Waals surface area contributed by atoms with Gasteiger partial charge >= 0.3 is 0 Å². The fraction of sp³-hybridized carbons (Fsp3) is 0.154. The zero-order valence-corrected chi connectivity index (χ0v) is 13.1. The smallest absolute Gasteiger partial charge is 0.156 e. The number of aldehydes is 1. The van der Waals surface area contributed by atoms with Gasteiger partial charge in [-0.05, 0) is 35.0 Å². The zero-order chi connectivity index (χ0) is 14.7. The topological polar surface area (TPSA) is 64.1 Å². The average Bonchev–Trinajstić information content (AvgIpc) is 2.40. The van der Waals surface area contributed by atoms with E-state index in [1.54, 1.807) is 20.1 Å². The average molecular weight is 357 g/mol. The number of anilines is 2. The summed E-state index contributed by atoms with van der Waals surface area (Å²) >= 11 is 9.30. The highest BCUT2D eigenvalue weighted by Crippen LogP contribution is 2.30. The van der Waals surface area contributed by atoms with Crippen molar-refractivity contribution < 1.29 is 9.53 Å². The van der Waals surface area contributed by atoms with Crippen molar-refractivity contribution >= 4 is 45.3 Å². The van der Waals surface area contributed by atoms with E-state index < -0.39 is 0 Å². The molecule has 5 nitrogen and oxygen atoms in total. The van der Waals surface area contributed by atoms with Crippen LogP contribution in [0.2, 0.25) is 5.15 Å². The zero-order valence-electron chi connectivity index (χ0n) is 10.8. The highest BCUT2D eigenvalue weighted by Gasteiger charge is 2.12. The van der Waals surface area contributed by atoms with Crippen molar-refractivity contribution in [1.29, 1.82) is 0 Å². The lowest BCUT2D eigenvalue weighted by molar-refractivity contribution is 0.112. The van der Waals surface area contributed by atoms with Gasteiger partial charge in [-0.3, -0.25) is 4.79 Å². The number of nitrogens with one attached hydrogen (secondary N) is 1. The quantitative estimate of drug-likeness (QED) is 0.667. The summed E-state index contributed by atoms with van der Waals surface area (Å²) in [7, 11) is 1.58. The summed E-state index contributed by atoms with van der Waals surface area (Å²) in [5.74, 6) is 1.51. The van der Waals surface area contributed by atoms with Gasteiger partial charge in [0.15, 0.2) is 6.29 Å². The molecule has 1 N–H and O–H groups in total. The van der Waals surface area contributed by atoms with Gasteiger partial charge in [-0.2, -0.15) is 0 Å². The maximum absolute atomic E-state index is 11.1. The first-order chi connectivity index (χ1) is 9.55. The molecule has 0 aliphatic heterocycles. The summed E-state index contributed by atoms with van der Waals surface area (Å²) in [6.45, 7) is 1.70. The number of nitrogens with zero attached hydrogens (tertiary/aromatic N) is 2. The van der Waals surface area contributed by atoms with Gasteiger partial charge in [-0.1, -0.05) is 11.6 Å². The number of hydrogen-bond acceptors (Lipinski definition) is 5. The van der Waals surface area contributed by atoms with Crippen molar-refractivity contribution in [3.05, 3.63) is 39.2 Å². The molecule has 0 bridgehead atoms. The molecule has 20 heavy (non-hydrogen) atoms. The lowest BCUT2D eigenvalue weighted by Crippen LogP contribution is -2.03. The van der Waals surface area contributed by atoms with Crippen molar-refractivity contribution in [1.82, 2.24) is 9.97 Å². The molecule has 1 aromatic heterocycles. The van der Waals surface area contributed by atoms with Crippen LogP contribution in [0.1, 0.15) is 16.2 Å². The molecular formula is C13H11BrClN3O2. The van der Waals surface area contributed by atoms with E-state index in [0.29, 0.717) is 23.7 Å². The van der Waals surface area contributed by atoms with Crippen LogP contribution in [0, 0.1) is 6.92 Å². The molecule has 0 atom stereocenters. The summed E-state index contributed by atoms with van der Waals surface area (Å²) < 4.78 is 6.04. The van der Waals surface area contributed by atoms with Gasteiger partial charge in [0, 0.05) is 11.8 Å². The van der Waals surface area contributed by atoms with Crippen LogP contribution in [0.5, 0.6) is 5.75 Å². The van der Waals surface area contributed by atoms with Crippen molar-refractivity contribution in [2.24, 2.45) is 0 Å². The van der Waals surface area contributed by atoms with Crippen molar-refractivity contribution in [3.63, 3.8) is 0 Å². The van der Waals surface area contributed by atoms with Crippen LogP contribution in [0.15, 0.2) is 22.7 Å². The first-order valence-corrected chi connectivity index (χ1v) is 6.82. The Labute approximate surface area is 129 Å². The van der Waals surface area contributed by atoms with Gasteiger partial charge in [0.1, 0.15) is 22.5 Å². The third-order valence-electron chi connectivity index (χ3n) is 2.54. The molecule has 0 fully saturated rings. The third-order valence-corrected chi connectivity index (χ3v) is 3.49. The summed E-state index contributed by atoms with van der Waals surface area (Å²) in [5, 5.41) is 3.16. The fourth-order valence-electron chi connectivity index (χ4n) is 1.62. The molecule has 1 heterocycles. The largest absolute Gasteiger partial charge is 0.495 e. The number of methoxy groups -OCH3 is 1. The second-order valence-corrected chi connectivity index (χ2v) is 5.13. The number of benzene rings is 1. The number of carbonyl (C=O) groups is 1. The molecule has 0 unspecified atom stereocenters. The maximum Gasteiger partial charge on any atom is 0.156 e. The van der Waals surface area contributed by atoms with Crippen LogP contribution in [-0.2, 0) is 0 Å². The van der Waals surface area contributed by atoms with E-state index in [1.807, 2.05) is 12.1 Å². The molecule has 0 aliphatic carbocycles.